The number of allylic oxidation sites excluding steroid dienone is 28. The lowest BCUT2D eigenvalue weighted by molar-refractivity contribution is -0.161. The van der Waals surface area contributed by atoms with Crippen LogP contribution in [-0.4, -0.2) is 96.7 Å². The van der Waals surface area contributed by atoms with Crippen LogP contribution in [0.1, 0.15) is 323 Å². The van der Waals surface area contributed by atoms with E-state index in [-0.39, 0.29) is 25.7 Å². The number of esters is 4. The predicted molar refractivity (Wildman–Crippen MR) is 454 cm³/mol. The second kappa shape index (κ2) is 81.4. The molecular formula is C91H150O17P2. The molecule has 3 N–H and O–H groups in total. The third kappa shape index (κ3) is 80.5. The van der Waals surface area contributed by atoms with Crippen molar-refractivity contribution in [3.63, 3.8) is 0 Å². The molecule has 0 aliphatic rings. The van der Waals surface area contributed by atoms with E-state index in [1.807, 2.05) is 0 Å². The summed E-state index contributed by atoms with van der Waals surface area (Å²) in [5.41, 5.74) is 0. The first kappa shape index (κ1) is 104. The van der Waals surface area contributed by atoms with E-state index in [1.54, 1.807) is 0 Å². The summed E-state index contributed by atoms with van der Waals surface area (Å²) in [6.07, 6.45) is 97.4. The Morgan fingerprint density at radius 1 is 0.264 bits per heavy atom. The fourth-order valence-electron chi connectivity index (χ4n) is 10.7. The number of unbranched alkanes of at least 4 members (excludes halogenated alkanes) is 24. The maximum atomic E-state index is 13.1. The highest BCUT2D eigenvalue weighted by Crippen LogP contribution is 2.45. The topological polar surface area (TPSA) is 237 Å². The van der Waals surface area contributed by atoms with Crippen molar-refractivity contribution in [3.05, 3.63) is 170 Å². The van der Waals surface area contributed by atoms with Gasteiger partial charge in [-0.2, -0.15) is 0 Å². The summed E-state index contributed by atoms with van der Waals surface area (Å²) in [4.78, 5) is 73.2. The molecule has 0 radical (unpaired) electrons. The minimum atomic E-state index is -5.01. The van der Waals surface area contributed by atoms with Crippen LogP contribution in [0.5, 0.6) is 0 Å². The highest BCUT2D eigenvalue weighted by molar-refractivity contribution is 7.47. The second-order valence-electron chi connectivity index (χ2n) is 27.6. The minimum absolute atomic E-state index is 0.0334. The fourth-order valence-corrected chi connectivity index (χ4v) is 12.3. The quantitative estimate of drug-likeness (QED) is 0.0169. The number of phosphoric ester groups is 2. The van der Waals surface area contributed by atoms with Gasteiger partial charge in [0.25, 0.3) is 0 Å². The predicted octanol–water partition coefficient (Wildman–Crippen LogP) is 25.3. The van der Waals surface area contributed by atoms with Gasteiger partial charge in [-0.15, -0.1) is 0 Å². The van der Waals surface area contributed by atoms with E-state index in [4.69, 9.17) is 37.0 Å². The molecule has 0 saturated heterocycles. The van der Waals surface area contributed by atoms with Gasteiger partial charge in [0.15, 0.2) is 12.2 Å². The molecular weight excluding hydrogens is 1430 g/mol. The smallest absolute Gasteiger partial charge is 0.462 e. The van der Waals surface area contributed by atoms with Crippen LogP contribution in [0.3, 0.4) is 0 Å². The Hall–Kier alpha value is -5.58. The molecule has 110 heavy (non-hydrogen) atoms. The van der Waals surface area contributed by atoms with Crippen LogP contribution in [0.25, 0.3) is 0 Å². The van der Waals surface area contributed by atoms with E-state index < -0.39 is 97.5 Å². The zero-order valence-electron chi connectivity index (χ0n) is 68.6. The Labute approximate surface area is 667 Å². The lowest BCUT2D eigenvalue weighted by atomic mass is 10.1. The third-order valence-corrected chi connectivity index (χ3v) is 19.0. The molecule has 0 saturated carbocycles. The van der Waals surface area contributed by atoms with E-state index in [0.717, 1.165) is 199 Å². The van der Waals surface area contributed by atoms with Gasteiger partial charge in [0, 0.05) is 25.7 Å². The molecule has 0 spiro atoms. The third-order valence-electron chi connectivity index (χ3n) is 17.1. The average Bonchev–Trinajstić information content (AvgIpc) is 0.906. The molecule has 0 fully saturated rings. The van der Waals surface area contributed by atoms with Crippen molar-refractivity contribution in [1.29, 1.82) is 0 Å². The Morgan fingerprint density at radius 3 is 0.745 bits per heavy atom. The molecule has 626 valence electrons. The van der Waals surface area contributed by atoms with Crippen LogP contribution < -0.4 is 0 Å². The first-order chi connectivity index (χ1) is 53.7. The van der Waals surface area contributed by atoms with Gasteiger partial charge < -0.3 is 33.8 Å². The normalized spacial score (nSPS) is 14.6. The zero-order chi connectivity index (χ0) is 80.3. The van der Waals surface area contributed by atoms with Crippen molar-refractivity contribution in [2.24, 2.45) is 0 Å². The molecule has 0 aromatic carbocycles. The van der Waals surface area contributed by atoms with Crippen molar-refractivity contribution >= 4 is 39.5 Å². The molecule has 5 atom stereocenters. The van der Waals surface area contributed by atoms with Crippen LogP contribution in [0, 0.1) is 0 Å². The number of ether oxygens (including phenoxy) is 4. The monoisotopic (exact) mass is 1580 g/mol. The summed E-state index contributed by atoms with van der Waals surface area (Å²) in [5.74, 6) is -2.28. The largest absolute Gasteiger partial charge is 0.472 e. The minimum Gasteiger partial charge on any atom is -0.462 e. The fraction of sp³-hybridized carbons (Fsp3) is 0.648. The molecule has 0 aliphatic heterocycles. The summed E-state index contributed by atoms with van der Waals surface area (Å²) < 4.78 is 68.7. The Morgan fingerprint density at radius 2 is 0.473 bits per heavy atom. The maximum Gasteiger partial charge on any atom is 0.472 e. The van der Waals surface area contributed by atoms with Crippen LogP contribution in [0.2, 0.25) is 0 Å². The first-order valence-corrected chi connectivity index (χ1v) is 45.4. The molecule has 0 aliphatic carbocycles. The Bertz CT molecular complexity index is 2750. The number of phosphoric acid groups is 2. The standard InChI is InChI=1S/C91H150O17P2/c1-5-9-13-17-21-25-29-33-37-40-42-45-48-51-55-59-63-67-71-75-88(93)101-81-86(107-90(95)77-73-69-65-61-57-53-47-36-32-28-24-20-16-12-8-4)83-105-109(97,98)103-79-85(92)80-104-110(99,100)106-84-87(108-91(96)78-74-70-66-62-58-54-50-44-39-35-31-27-23-19-15-11-7-3)82-102-89(94)76-72-68-64-60-56-52-49-46-43-41-38-34-30-26-22-18-14-10-6-2/h11-12,15-16,21-28,33-39,42-43,45-47,50,54,57,61,85-87,92H,5-10,13-14,17-20,29-32,40-41,44,48-49,51-53,55-56,58-60,62-84H2,1-4H3,(H,97,98)(H,99,100)/b15-11-,16-12-,25-21-,26-22-,27-23-,28-24-,37-33-,38-34-,39-35-,45-42-,46-43-,47-36-,54-50-,61-57-. The summed E-state index contributed by atoms with van der Waals surface area (Å²) >= 11 is 0. The van der Waals surface area contributed by atoms with Crippen molar-refractivity contribution in [1.82, 2.24) is 0 Å². The molecule has 19 heteroatoms. The van der Waals surface area contributed by atoms with Gasteiger partial charge >= 0.3 is 39.5 Å². The number of aliphatic hydroxyl groups is 1. The van der Waals surface area contributed by atoms with Crippen molar-refractivity contribution < 1.29 is 80.2 Å². The second-order valence-corrected chi connectivity index (χ2v) is 30.6. The van der Waals surface area contributed by atoms with Crippen molar-refractivity contribution in [3.8, 4) is 0 Å². The van der Waals surface area contributed by atoms with Crippen LogP contribution in [0.4, 0.5) is 0 Å². The Kier molecular flexibility index (Phi) is 77.3. The highest BCUT2D eigenvalue weighted by atomic mass is 31.2. The van der Waals surface area contributed by atoms with Gasteiger partial charge in [0.05, 0.1) is 26.4 Å². The number of hydrogen-bond donors (Lipinski definition) is 3. The van der Waals surface area contributed by atoms with E-state index in [2.05, 4.69) is 198 Å². The summed E-state index contributed by atoms with van der Waals surface area (Å²) in [6, 6.07) is 0. The summed E-state index contributed by atoms with van der Waals surface area (Å²) in [5, 5.41) is 10.7. The van der Waals surface area contributed by atoms with Crippen molar-refractivity contribution in [2.45, 2.75) is 341 Å². The molecule has 0 aromatic rings. The van der Waals surface area contributed by atoms with Crippen LogP contribution in [0.15, 0.2) is 170 Å². The summed E-state index contributed by atoms with van der Waals surface area (Å²) in [7, 11) is -10.0. The van der Waals surface area contributed by atoms with E-state index >= 15 is 0 Å². The van der Waals surface area contributed by atoms with Crippen LogP contribution >= 0.6 is 15.6 Å². The highest BCUT2D eigenvalue weighted by Gasteiger charge is 2.30. The molecule has 0 aromatic heterocycles. The molecule has 0 heterocycles. The molecule has 17 nitrogen and oxygen atoms in total. The van der Waals surface area contributed by atoms with Gasteiger partial charge in [0.1, 0.15) is 19.3 Å². The molecule has 0 amide bonds. The number of carbonyl (C=O) groups is 4. The van der Waals surface area contributed by atoms with E-state index in [0.29, 0.717) is 32.1 Å². The Balaban J connectivity index is 5.46. The maximum absolute atomic E-state index is 13.1. The van der Waals surface area contributed by atoms with E-state index in [1.165, 1.54) is 38.5 Å². The molecule has 5 unspecified atom stereocenters. The number of carbonyl (C=O) groups excluding carboxylic acids is 4. The lowest BCUT2D eigenvalue weighted by Gasteiger charge is -2.21. The van der Waals surface area contributed by atoms with E-state index in [9.17, 15) is 43.2 Å². The van der Waals surface area contributed by atoms with Gasteiger partial charge in [-0.25, -0.2) is 9.13 Å². The molecule has 0 bridgehead atoms. The van der Waals surface area contributed by atoms with Crippen LogP contribution in [-0.2, 0) is 65.4 Å². The number of hydrogen-bond acceptors (Lipinski definition) is 15. The lowest BCUT2D eigenvalue weighted by Crippen LogP contribution is -2.30. The van der Waals surface area contributed by atoms with Gasteiger partial charge in [-0.05, 0) is 180 Å². The average molecular weight is 1580 g/mol. The number of aliphatic hydroxyl groups excluding tert-OH is 1. The van der Waals surface area contributed by atoms with Gasteiger partial charge in [-0.1, -0.05) is 288 Å². The van der Waals surface area contributed by atoms with Gasteiger partial charge in [-0.3, -0.25) is 37.3 Å². The summed E-state index contributed by atoms with van der Waals surface area (Å²) in [6.45, 7) is 4.50. The van der Waals surface area contributed by atoms with Crippen molar-refractivity contribution in [2.75, 3.05) is 39.6 Å². The first-order valence-electron chi connectivity index (χ1n) is 42.4. The molecule has 0 rings (SSSR count). The number of rotatable bonds is 78. The zero-order valence-corrected chi connectivity index (χ0v) is 70.4. The SMILES string of the molecule is CC/C=C\C/C=C\C/C=C\C/C=C\CCCCCCC(=O)OC(COC(=O)CCCCCCCC/C=C\C/C=C\C/C=C\CCCCC)COP(=O)(O)OCC(O)COP(=O)(O)OCC(COC(=O)CCCCCCCC/C=C\C/C=C\C/C=C\CCCCC)OC(=O)CCCC/C=C\C/C=C\C/C=C\C/C=C\CC. The van der Waals surface area contributed by atoms with Gasteiger partial charge in [0.2, 0.25) is 0 Å².